The van der Waals surface area contributed by atoms with Crippen LogP contribution in [0.3, 0.4) is 0 Å². The zero-order valence-corrected chi connectivity index (χ0v) is 11.2. The predicted octanol–water partition coefficient (Wildman–Crippen LogP) is 3.61. The average molecular weight is 265 g/mol. The van der Waals surface area contributed by atoms with Crippen LogP contribution in [0.15, 0.2) is 54.6 Å². The lowest BCUT2D eigenvalue weighted by Gasteiger charge is -2.48. The summed E-state index contributed by atoms with van der Waals surface area (Å²) in [5.41, 5.74) is 3.71. The van der Waals surface area contributed by atoms with E-state index in [0.717, 1.165) is 25.2 Å². The number of benzene rings is 2. The van der Waals surface area contributed by atoms with E-state index in [4.69, 9.17) is 0 Å². The van der Waals surface area contributed by atoms with Crippen LogP contribution in [0.4, 0.5) is 4.39 Å². The second-order valence-corrected chi connectivity index (χ2v) is 5.85. The van der Waals surface area contributed by atoms with E-state index in [0.29, 0.717) is 0 Å². The SMILES string of the molecule is Fc1ccc2c(c1)C1(C=C2)CN(Cc2ccccc2)C1. The molecular weight excluding hydrogens is 249 g/mol. The summed E-state index contributed by atoms with van der Waals surface area (Å²) in [6, 6.07) is 15.6. The van der Waals surface area contributed by atoms with Crippen molar-refractivity contribution in [3.63, 3.8) is 0 Å². The van der Waals surface area contributed by atoms with Gasteiger partial charge in [-0.05, 0) is 28.8 Å². The molecule has 2 aromatic rings. The van der Waals surface area contributed by atoms with E-state index in [9.17, 15) is 4.39 Å². The number of halogens is 1. The largest absolute Gasteiger partial charge is 0.297 e. The average Bonchev–Trinajstić information content (AvgIpc) is 2.79. The van der Waals surface area contributed by atoms with Crippen molar-refractivity contribution in [2.75, 3.05) is 13.1 Å². The summed E-state index contributed by atoms with van der Waals surface area (Å²) in [5.74, 6) is -0.131. The van der Waals surface area contributed by atoms with Gasteiger partial charge in [-0.2, -0.15) is 0 Å². The molecule has 1 aliphatic carbocycles. The van der Waals surface area contributed by atoms with Gasteiger partial charge in [-0.3, -0.25) is 4.90 Å². The normalized spacial score (nSPS) is 19.1. The summed E-state index contributed by atoms with van der Waals surface area (Å²) < 4.78 is 13.5. The molecule has 20 heavy (non-hydrogen) atoms. The molecule has 1 aliphatic heterocycles. The summed E-state index contributed by atoms with van der Waals surface area (Å²) in [6.45, 7) is 2.94. The number of hydrogen-bond acceptors (Lipinski definition) is 1. The first-order chi connectivity index (χ1) is 9.75. The third kappa shape index (κ3) is 1.80. The maximum Gasteiger partial charge on any atom is 0.123 e. The van der Waals surface area contributed by atoms with Crippen LogP contribution in [0.25, 0.3) is 6.08 Å². The van der Waals surface area contributed by atoms with Crippen molar-refractivity contribution in [3.05, 3.63) is 77.1 Å². The molecule has 1 nitrogen and oxygen atoms in total. The van der Waals surface area contributed by atoms with Gasteiger partial charge in [-0.15, -0.1) is 0 Å². The van der Waals surface area contributed by atoms with E-state index in [1.165, 1.54) is 11.1 Å². The highest BCUT2D eigenvalue weighted by Gasteiger charge is 2.45. The first kappa shape index (κ1) is 11.9. The Balaban J connectivity index is 1.52. The molecule has 2 aliphatic rings. The molecule has 2 heteroatoms. The Bertz CT molecular complexity index is 669. The van der Waals surface area contributed by atoms with E-state index in [1.54, 1.807) is 12.1 Å². The van der Waals surface area contributed by atoms with Crippen LogP contribution in [0.2, 0.25) is 0 Å². The lowest BCUT2D eigenvalue weighted by atomic mass is 9.75. The summed E-state index contributed by atoms with van der Waals surface area (Å²) in [4.78, 5) is 2.42. The molecule has 0 amide bonds. The fourth-order valence-electron chi connectivity index (χ4n) is 3.42. The summed E-state index contributed by atoms with van der Waals surface area (Å²) in [6.07, 6.45) is 4.38. The highest BCUT2D eigenvalue weighted by atomic mass is 19.1. The van der Waals surface area contributed by atoms with Crippen LogP contribution in [0.5, 0.6) is 0 Å². The minimum atomic E-state index is -0.131. The van der Waals surface area contributed by atoms with Crippen molar-refractivity contribution in [2.24, 2.45) is 0 Å². The van der Waals surface area contributed by atoms with Crippen LogP contribution in [-0.4, -0.2) is 18.0 Å². The molecular formula is C18H16FN. The fourth-order valence-corrected chi connectivity index (χ4v) is 3.42. The van der Waals surface area contributed by atoms with Crippen molar-refractivity contribution in [2.45, 2.75) is 12.0 Å². The Labute approximate surface area is 118 Å². The first-order valence-electron chi connectivity index (χ1n) is 7.01. The van der Waals surface area contributed by atoms with Crippen molar-refractivity contribution in [3.8, 4) is 0 Å². The Hall–Kier alpha value is -1.93. The smallest absolute Gasteiger partial charge is 0.123 e. The summed E-state index contributed by atoms with van der Waals surface area (Å²) in [5, 5.41) is 0. The lowest BCUT2D eigenvalue weighted by Crippen LogP contribution is -2.56. The molecule has 1 heterocycles. The molecule has 2 aromatic carbocycles. The number of likely N-dealkylation sites (tertiary alicyclic amines) is 1. The van der Waals surface area contributed by atoms with Gasteiger partial charge in [0.15, 0.2) is 0 Å². The quantitative estimate of drug-likeness (QED) is 0.802. The molecule has 0 radical (unpaired) electrons. The van der Waals surface area contributed by atoms with Gasteiger partial charge >= 0.3 is 0 Å². The monoisotopic (exact) mass is 265 g/mol. The molecule has 0 atom stereocenters. The van der Waals surface area contributed by atoms with Crippen molar-refractivity contribution < 1.29 is 4.39 Å². The molecule has 1 saturated heterocycles. The van der Waals surface area contributed by atoms with Crippen LogP contribution in [0, 0.1) is 5.82 Å². The second-order valence-electron chi connectivity index (χ2n) is 5.85. The van der Waals surface area contributed by atoms with E-state index in [1.807, 2.05) is 12.1 Å². The van der Waals surface area contributed by atoms with Gasteiger partial charge in [0.05, 0.1) is 0 Å². The fraction of sp³-hybridized carbons (Fsp3) is 0.222. The van der Waals surface area contributed by atoms with Crippen molar-refractivity contribution >= 4 is 6.08 Å². The molecule has 0 aromatic heterocycles. The topological polar surface area (TPSA) is 3.24 Å². The Kier molecular flexibility index (Phi) is 2.54. The second kappa shape index (κ2) is 4.29. The number of rotatable bonds is 2. The highest BCUT2D eigenvalue weighted by Crippen LogP contribution is 2.43. The maximum absolute atomic E-state index is 13.5. The first-order valence-corrected chi connectivity index (χ1v) is 7.01. The van der Waals surface area contributed by atoms with Crippen LogP contribution in [0.1, 0.15) is 16.7 Å². The van der Waals surface area contributed by atoms with Gasteiger partial charge < -0.3 is 0 Å². The third-order valence-corrected chi connectivity index (χ3v) is 4.39. The number of nitrogens with zero attached hydrogens (tertiary/aromatic N) is 1. The Morgan fingerprint density at radius 2 is 1.85 bits per heavy atom. The van der Waals surface area contributed by atoms with Gasteiger partial charge in [0.25, 0.3) is 0 Å². The van der Waals surface area contributed by atoms with Gasteiger partial charge in [0.1, 0.15) is 5.82 Å². The molecule has 1 spiro atoms. The molecule has 0 bridgehead atoms. The van der Waals surface area contributed by atoms with E-state index >= 15 is 0 Å². The Morgan fingerprint density at radius 1 is 1.05 bits per heavy atom. The zero-order valence-electron chi connectivity index (χ0n) is 11.2. The van der Waals surface area contributed by atoms with Gasteiger partial charge in [0.2, 0.25) is 0 Å². The lowest BCUT2D eigenvalue weighted by molar-refractivity contribution is 0.0920. The molecule has 100 valence electrons. The number of hydrogen-bond donors (Lipinski definition) is 0. The molecule has 0 N–H and O–H groups in total. The highest BCUT2D eigenvalue weighted by molar-refractivity contribution is 5.66. The Morgan fingerprint density at radius 3 is 2.65 bits per heavy atom. The van der Waals surface area contributed by atoms with Crippen LogP contribution < -0.4 is 0 Å². The van der Waals surface area contributed by atoms with E-state index < -0.39 is 0 Å². The molecule has 0 saturated carbocycles. The summed E-state index contributed by atoms with van der Waals surface area (Å²) in [7, 11) is 0. The van der Waals surface area contributed by atoms with Gasteiger partial charge in [-0.1, -0.05) is 48.6 Å². The summed E-state index contributed by atoms with van der Waals surface area (Å²) >= 11 is 0. The van der Waals surface area contributed by atoms with Crippen molar-refractivity contribution in [1.29, 1.82) is 0 Å². The standard InChI is InChI=1S/C18H16FN/c19-16-7-6-15-8-9-18(17(15)10-16)12-20(13-18)11-14-4-2-1-3-5-14/h1-10H,11-13H2. The minimum absolute atomic E-state index is 0.0478. The number of fused-ring (bicyclic) bond motifs is 2. The molecule has 1 fully saturated rings. The van der Waals surface area contributed by atoms with E-state index in [-0.39, 0.29) is 11.2 Å². The van der Waals surface area contributed by atoms with Crippen LogP contribution >= 0.6 is 0 Å². The maximum atomic E-state index is 13.5. The molecule has 0 unspecified atom stereocenters. The zero-order chi connectivity index (χ0) is 13.6. The van der Waals surface area contributed by atoms with E-state index in [2.05, 4.69) is 41.3 Å². The van der Waals surface area contributed by atoms with Crippen LogP contribution in [-0.2, 0) is 12.0 Å². The predicted molar refractivity (Wildman–Crippen MR) is 78.8 cm³/mol. The van der Waals surface area contributed by atoms with Gasteiger partial charge in [0, 0.05) is 25.0 Å². The minimum Gasteiger partial charge on any atom is -0.297 e. The molecule has 4 rings (SSSR count). The van der Waals surface area contributed by atoms with Gasteiger partial charge in [-0.25, -0.2) is 4.39 Å². The van der Waals surface area contributed by atoms with Crippen molar-refractivity contribution in [1.82, 2.24) is 4.90 Å². The third-order valence-electron chi connectivity index (χ3n) is 4.39.